The van der Waals surface area contributed by atoms with Crippen molar-refractivity contribution >= 4 is 23.0 Å². The van der Waals surface area contributed by atoms with E-state index in [1.165, 1.54) is 0 Å². The quantitative estimate of drug-likeness (QED) is 0.657. The van der Waals surface area contributed by atoms with Gasteiger partial charge in [0.15, 0.2) is 0 Å². The van der Waals surface area contributed by atoms with Gasteiger partial charge in [-0.2, -0.15) is 5.26 Å². The molecule has 2 aromatic rings. The molecule has 0 aliphatic carbocycles. The van der Waals surface area contributed by atoms with E-state index in [4.69, 9.17) is 16.2 Å². The van der Waals surface area contributed by atoms with Crippen LogP contribution in [0.1, 0.15) is 29.4 Å². The largest absolute Gasteiger partial charge is 0.397 e. The van der Waals surface area contributed by atoms with Crippen molar-refractivity contribution in [2.45, 2.75) is 20.3 Å². The molecule has 9 nitrogen and oxygen atoms in total. The third-order valence-electron chi connectivity index (χ3n) is 4.67. The Morgan fingerprint density at radius 3 is 2.67 bits per heavy atom. The first-order valence-electron chi connectivity index (χ1n) is 8.46. The third-order valence-corrected chi connectivity index (χ3v) is 4.67. The number of pyridine rings is 2. The molecule has 3 rings (SSSR count). The Balaban J connectivity index is 1.88. The highest BCUT2D eigenvalue weighted by Crippen LogP contribution is 2.32. The molecule has 1 fully saturated rings. The summed E-state index contributed by atoms with van der Waals surface area (Å²) in [5.74, 6) is 0.409. The number of hydrogen-bond donors (Lipinski definition) is 3. The van der Waals surface area contributed by atoms with Crippen LogP contribution in [0.4, 0.5) is 23.0 Å². The molecule has 0 radical (unpaired) electrons. The van der Waals surface area contributed by atoms with Crippen LogP contribution < -0.4 is 16.8 Å². The number of anilines is 3. The van der Waals surface area contributed by atoms with E-state index in [9.17, 15) is 10.2 Å². The minimum absolute atomic E-state index is 0.0431. The summed E-state index contributed by atoms with van der Waals surface area (Å²) in [7, 11) is 0. The van der Waals surface area contributed by atoms with E-state index in [0.717, 1.165) is 0 Å². The summed E-state index contributed by atoms with van der Waals surface area (Å²) in [6.45, 7) is 5.87. The summed E-state index contributed by atoms with van der Waals surface area (Å²) in [6, 6.07) is 5.62. The monoisotopic (exact) mass is 367 g/mol. The normalized spacial score (nSPS) is 14.9. The molecule has 0 aromatic carbocycles. The van der Waals surface area contributed by atoms with Gasteiger partial charge in [0.1, 0.15) is 17.6 Å². The molecular formula is C18H21N7O2. The molecule has 0 atom stereocenters. The second-order valence-electron chi connectivity index (χ2n) is 7.06. The van der Waals surface area contributed by atoms with Gasteiger partial charge < -0.3 is 21.5 Å². The average molecular weight is 367 g/mol. The maximum atomic E-state index is 10.8. The number of nitroso groups, excluding NO2 is 1. The van der Waals surface area contributed by atoms with Crippen molar-refractivity contribution in [1.29, 1.82) is 5.26 Å². The Hall–Kier alpha value is -3.25. The zero-order chi connectivity index (χ0) is 19.6. The lowest BCUT2D eigenvalue weighted by Gasteiger charge is -2.38. The first-order chi connectivity index (χ1) is 12.9. The Morgan fingerprint density at radius 1 is 1.33 bits per heavy atom. The summed E-state index contributed by atoms with van der Waals surface area (Å²) in [5, 5.41) is 15.4. The molecular weight excluding hydrogens is 346 g/mol. The van der Waals surface area contributed by atoms with Gasteiger partial charge in [-0.15, -0.1) is 4.91 Å². The van der Waals surface area contributed by atoms with Crippen molar-refractivity contribution in [3.63, 3.8) is 0 Å². The van der Waals surface area contributed by atoms with E-state index < -0.39 is 0 Å². The minimum atomic E-state index is -0.111. The molecule has 0 saturated carbocycles. The lowest BCUT2D eigenvalue weighted by atomic mass is 9.89. The summed E-state index contributed by atoms with van der Waals surface area (Å²) < 4.78 is 5.25. The molecule has 27 heavy (non-hydrogen) atoms. The number of hydrogen-bond acceptors (Lipinski definition) is 9. The van der Waals surface area contributed by atoms with Gasteiger partial charge in [0.2, 0.25) is 5.82 Å². The number of aromatic nitrogens is 2. The number of rotatable bonds is 6. The van der Waals surface area contributed by atoms with Gasteiger partial charge in [-0.1, -0.05) is 6.92 Å². The van der Waals surface area contributed by atoms with Crippen LogP contribution in [0.2, 0.25) is 0 Å². The topological polar surface area (TPSA) is 152 Å². The van der Waals surface area contributed by atoms with Crippen molar-refractivity contribution in [2.75, 3.05) is 36.5 Å². The highest BCUT2D eigenvalue weighted by Gasteiger charge is 2.33. The molecule has 0 spiro atoms. The molecule has 1 saturated heterocycles. The third kappa shape index (κ3) is 3.66. The number of nitrogens with one attached hydrogen (secondary N) is 1. The Bertz CT molecular complexity index is 932. The first-order valence-corrected chi connectivity index (χ1v) is 8.46. The van der Waals surface area contributed by atoms with Crippen LogP contribution in [0, 0.1) is 28.6 Å². The van der Waals surface area contributed by atoms with Gasteiger partial charge in [0.05, 0.1) is 24.5 Å². The van der Waals surface area contributed by atoms with Gasteiger partial charge >= 0.3 is 0 Å². The molecule has 140 valence electrons. The SMILES string of the molecule is Cc1nc(N=O)c(N)c(N)c1Cc1ccc(C#N)c(NCC2(C)COC2)n1. The highest BCUT2D eigenvalue weighted by molar-refractivity contribution is 5.77. The Kier molecular flexibility index (Phi) is 4.92. The molecule has 2 aromatic heterocycles. The molecule has 0 unspecified atom stereocenters. The van der Waals surface area contributed by atoms with E-state index in [1.807, 2.05) is 0 Å². The summed E-state index contributed by atoms with van der Waals surface area (Å²) in [4.78, 5) is 19.5. The van der Waals surface area contributed by atoms with Crippen molar-refractivity contribution < 1.29 is 4.74 Å². The minimum Gasteiger partial charge on any atom is -0.397 e. The lowest BCUT2D eigenvalue weighted by molar-refractivity contribution is -0.0924. The van der Waals surface area contributed by atoms with E-state index in [1.54, 1.807) is 19.1 Å². The summed E-state index contributed by atoms with van der Waals surface area (Å²) in [6.07, 6.45) is 0.370. The number of nitrogen functional groups attached to an aromatic ring is 2. The lowest BCUT2D eigenvalue weighted by Crippen LogP contribution is -2.45. The molecule has 5 N–H and O–H groups in total. The zero-order valence-corrected chi connectivity index (χ0v) is 15.2. The number of nitrogens with two attached hydrogens (primary N) is 2. The van der Waals surface area contributed by atoms with Gasteiger partial charge in [0, 0.05) is 35.3 Å². The molecule has 0 bridgehead atoms. The zero-order valence-electron chi connectivity index (χ0n) is 15.2. The van der Waals surface area contributed by atoms with Crippen molar-refractivity contribution in [1.82, 2.24) is 9.97 Å². The smallest absolute Gasteiger partial charge is 0.222 e. The van der Waals surface area contributed by atoms with Crippen LogP contribution in [-0.4, -0.2) is 29.7 Å². The van der Waals surface area contributed by atoms with Crippen molar-refractivity contribution in [3.8, 4) is 6.07 Å². The highest BCUT2D eigenvalue weighted by atomic mass is 16.5. The van der Waals surface area contributed by atoms with E-state index >= 15 is 0 Å². The van der Waals surface area contributed by atoms with Crippen LogP contribution in [0.25, 0.3) is 0 Å². The number of nitrogens with zero attached hydrogens (tertiary/aromatic N) is 4. The van der Waals surface area contributed by atoms with E-state index in [-0.39, 0.29) is 22.6 Å². The Labute approximate surface area is 156 Å². The van der Waals surface area contributed by atoms with Gasteiger partial charge in [-0.05, 0) is 24.2 Å². The molecule has 3 heterocycles. The second kappa shape index (κ2) is 7.17. The van der Waals surface area contributed by atoms with E-state index in [0.29, 0.717) is 54.5 Å². The molecule has 1 aliphatic rings. The molecule has 0 amide bonds. The van der Waals surface area contributed by atoms with Crippen LogP contribution in [-0.2, 0) is 11.2 Å². The fourth-order valence-electron chi connectivity index (χ4n) is 2.91. The number of ether oxygens (including phenoxy) is 1. The van der Waals surface area contributed by atoms with Crippen LogP contribution in [0.3, 0.4) is 0 Å². The first kappa shape index (κ1) is 18.5. The van der Waals surface area contributed by atoms with Crippen molar-refractivity contribution in [3.05, 3.63) is 39.6 Å². The van der Waals surface area contributed by atoms with Crippen LogP contribution >= 0.6 is 0 Å². The maximum Gasteiger partial charge on any atom is 0.222 e. The van der Waals surface area contributed by atoms with Gasteiger partial charge in [0.25, 0.3) is 0 Å². The van der Waals surface area contributed by atoms with E-state index in [2.05, 4.69) is 33.5 Å². The molecule has 9 heteroatoms. The maximum absolute atomic E-state index is 10.8. The van der Waals surface area contributed by atoms with Crippen LogP contribution in [0.15, 0.2) is 17.3 Å². The second-order valence-corrected chi connectivity index (χ2v) is 7.06. The number of nitriles is 1. The Morgan fingerprint density at radius 2 is 2.07 bits per heavy atom. The predicted octanol–water partition coefficient (Wildman–Crippen LogP) is 2.26. The van der Waals surface area contributed by atoms with Gasteiger partial charge in [-0.25, -0.2) is 9.97 Å². The summed E-state index contributed by atoms with van der Waals surface area (Å²) in [5.41, 5.74) is 14.7. The van der Waals surface area contributed by atoms with Crippen molar-refractivity contribution in [2.24, 2.45) is 10.6 Å². The standard InChI is InChI=1S/C18H21N7O2/c1-10-13(14(20)15(21)17(23-10)25-26)5-12-4-3-11(6-19)16(24-12)22-7-18(2)8-27-9-18/h3-4H,5,7-9,21H2,1-2H3,(H2,20,23)(H,22,24). The van der Waals surface area contributed by atoms with Crippen LogP contribution in [0.5, 0.6) is 0 Å². The fraction of sp³-hybridized carbons (Fsp3) is 0.389. The fourth-order valence-corrected chi connectivity index (χ4v) is 2.91. The predicted molar refractivity (Wildman–Crippen MR) is 102 cm³/mol. The number of aryl methyl sites for hydroxylation is 1. The average Bonchev–Trinajstić information content (AvgIpc) is 2.64. The van der Waals surface area contributed by atoms with Gasteiger partial charge in [-0.3, -0.25) is 0 Å². The molecule has 1 aliphatic heterocycles. The summed E-state index contributed by atoms with van der Waals surface area (Å²) >= 11 is 0.